The number of aryl methyl sites for hydroxylation is 2. The molecule has 0 saturated carbocycles. The Hall–Kier alpha value is -2.62. The van der Waals surface area contributed by atoms with Crippen LogP contribution in [0, 0.1) is 13.8 Å². The molecular weight excluding hydrogens is 502 g/mol. The number of benzene rings is 3. The summed E-state index contributed by atoms with van der Waals surface area (Å²) >= 11 is 14.6. The second-order valence-electron chi connectivity index (χ2n) is 7.86. The number of halogens is 2. The third-order valence-corrected chi connectivity index (χ3v) is 8.87. The first-order chi connectivity index (χ1) is 16.3. The lowest BCUT2D eigenvalue weighted by Crippen LogP contribution is -1.94. The van der Waals surface area contributed by atoms with E-state index in [1.807, 2.05) is 66.0 Å². The maximum absolute atomic E-state index is 14.2. The zero-order chi connectivity index (χ0) is 24.1. The van der Waals surface area contributed by atoms with Gasteiger partial charge < -0.3 is 5.09 Å². The van der Waals surface area contributed by atoms with Crippen molar-refractivity contribution in [3.63, 3.8) is 0 Å². The Bertz CT molecular complexity index is 1340. The fourth-order valence-electron chi connectivity index (χ4n) is 3.39. The summed E-state index contributed by atoms with van der Waals surface area (Å²) in [4.78, 5) is 4.72. The third-order valence-electron chi connectivity index (χ3n) is 5.15. The maximum atomic E-state index is 14.2. The molecule has 0 fully saturated rings. The highest BCUT2D eigenvalue weighted by Gasteiger charge is 2.21. The van der Waals surface area contributed by atoms with Crippen LogP contribution in [0.2, 0.25) is 0 Å². The molecule has 0 aliphatic carbocycles. The van der Waals surface area contributed by atoms with Crippen LogP contribution in [-0.2, 0) is 4.57 Å². The highest BCUT2D eigenvalue weighted by atomic mass is 35.5. The molecule has 3 nitrogen and oxygen atoms in total. The monoisotopic (exact) mass is 524 g/mol. The first kappa shape index (κ1) is 24.5. The molecule has 1 heterocycles. The van der Waals surface area contributed by atoms with E-state index in [0.717, 1.165) is 33.5 Å². The second kappa shape index (κ2) is 10.8. The van der Waals surface area contributed by atoms with Crippen LogP contribution >= 0.6 is 41.8 Å². The highest BCUT2D eigenvalue weighted by Crippen LogP contribution is 2.54. The number of aromatic nitrogens is 1. The van der Waals surface area contributed by atoms with Crippen LogP contribution in [0.1, 0.15) is 22.3 Å². The Morgan fingerprint density at radius 2 is 1.44 bits per heavy atom. The standard InChI is InChI=1S/C27H23Cl2N2OPS/c1-19-13-14-20(2)23(15-19)26-18-34-27(30-26)31-33(32,16-24(28)21-9-5-3-6-10-21)17-25(29)22-11-7-4-8-12-22/h3-18H,1-2H3,(H,30,31,32)/b24-16-,25-17+. The van der Waals surface area contributed by atoms with Gasteiger partial charge in [0.15, 0.2) is 5.13 Å². The van der Waals surface area contributed by atoms with Crippen LogP contribution in [0.25, 0.3) is 21.3 Å². The zero-order valence-corrected chi connectivity index (χ0v) is 21.9. The van der Waals surface area contributed by atoms with Gasteiger partial charge in [0.05, 0.1) is 15.8 Å². The molecule has 0 spiro atoms. The molecular formula is C27H23Cl2N2OPS. The van der Waals surface area contributed by atoms with Crippen LogP contribution in [0.5, 0.6) is 0 Å². The third kappa shape index (κ3) is 6.08. The van der Waals surface area contributed by atoms with Crippen molar-refractivity contribution < 1.29 is 4.57 Å². The molecule has 3 aromatic carbocycles. The Kier molecular flexibility index (Phi) is 7.75. The van der Waals surface area contributed by atoms with Gasteiger partial charge in [0.2, 0.25) is 7.29 Å². The van der Waals surface area contributed by atoms with E-state index in [4.69, 9.17) is 28.2 Å². The lowest BCUT2D eigenvalue weighted by molar-refractivity contribution is 0.589. The van der Waals surface area contributed by atoms with Crippen LogP contribution in [0.3, 0.4) is 0 Å². The van der Waals surface area contributed by atoms with Crippen molar-refractivity contribution in [1.82, 2.24) is 4.98 Å². The molecule has 0 aliphatic rings. The minimum atomic E-state index is -3.37. The Morgan fingerprint density at radius 1 is 0.882 bits per heavy atom. The van der Waals surface area contributed by atoms with E-state index >= 15 is 0 Å². The summed E-state index contributed by atoms with van der Waals surface area (Å²) in [5.74, 6) is 3.07. The molecule has 0 bridgehead atoms. The summed E-state index contributed by atoms with van der Waals surface area (Å²) in [5, 5.41) is 6.35. The minimum Gasteiger partial charge on any atom is -0.306 e. The molecule has 1 N–H and O–H groups in total. The van der Waals surface area contributed by atoms with Gasteiger partial charge in [-0.1, -0.05) is 102 Å². The number of anilines is 1. The molecule has 7 heteroatoms. The van der Waals surface area contributed by atoms with Crippen molar-refractivity contribution in [1.29, 1.82) is 0 Å². The molecule has 0 saturated heterocycles. The topological polar surface area (TPSA) is 42.0 Å². The first-order valence-electron chi connectivity index (χ1n) is 10.6. The highest BCUT2D eigenvalue weighted by molar-refractivity contribution is 7.72. The summed E-state index contributed by atoms with van der Waals surface area (Å²) in [5.41, 5.74) is 5.70. The molecule has 1 atom stereocenters. The van der Waals surface area contributed by atoms with Gasteiger partial charge >= 0.3 is 0 Å². The Labute approximate surface area is 214 Å². The molecule has 4 aromatic rings. The first-order valence-corrected chi connectivity index (χ1v) is 14.1. The second-order valence-corrected chi connectivity index (χ2v) is 11.7. The molecule has 1 aromatic heterocycles. The summed E-state index contributed by atoms with van der Waals surface area (Å²) in [6, 6.07) is 25.1. The Balaban J connectivity index is 1.72. The molecule has 1 unspecified atom stereocenters. The van der Waals surface area contributed by atoms with Crippen molar-refractivity contribution >= 4 is 57.0 Å². The minimum absolute atomic E-state index is 0.372. The molecule has 0 amide bonds. The van der Waals surface area contributed by atoms with Gasteiger partial charge in [0.25, 0.3) is 0 Å². The van der Waals surface area contributed by atoms with Crippen molar-refractivity contribution in [2.24, 2.45) is 0 Å². The van der Waals surface area contributed by atoms with Crippen LogP contribution < -0.4 is 5.09 Å². The predicted octanol–water partition coefficient (Wildman–Crippen LogP) is 9.59. The van der Waals surface area contributed by atoms with Gasteiger partial charge in [0, 0.05) is 22.6 Å². The van der Waals surface area contributed by atoms with Crippen LogP contribution in [-0.4, -0.2) is 4.98 Å². The van der Waals surface area contributed by atoms with Crippen LogP contribution in [0.4, 0.5) is 5.13 Å². The fraction of sp³-hybridized carbons (Fsp3) is 0.0741. The molecule has 172 valence electrons. The van der Waals surface area contributed by atoms with E-state index in [9.17, 15) is 4.57 Å². The summed E-state index contributed by atoms with van der Waals surface area (Å²) < 4.78 is 14.2. The summed E-state index contributed by atoms with van der Waals surface area (Å²) in [6.45, 7) is 4.10. The van der Waals surface area contributed by atoms with Crippen LogP contribution in [0.15, 0.2) is 95.9 Å². The van der Waals surface area contributed by atoms with E-state index in [2.05, 4.69) is 37.1 Å². The number of nitrogens with zero attached hydrogens (tertiary/aromatic N) is 1. The average molecular weight is 525 g/mol. The molecule has 0 radical (unpaired) electrons. The SMILES string of the molecule is Cc1ccc(C)c(-c2csc(NP(=O)(/C=C(\Cl)c3ccccc3)/C=C(/Cl)c3ccccc3)n2)c1. The number of nitrogens with one attached hydrogen (secondary N) is 1. The quantitative estimate of drug-likeness (QED) is 0.244. The van der Waals surface area contributed by atoms with Crippen molar-refractivity contribution in [2.75, 3.05) is 5.09 Å². The lowest BCUT2D eigenvalue weighted by atomic mass is 10.0. The van der Waals surface area contributed by atoms with E-state index in [1.54, 1.807) is 0 Å². The van der Waals surface area contributed by atoms with Gasteiger partial charge in [-0.15, -0.1) is 11.3 Å². The molecule has 0 aliphatic heterocycles. The smallest absolute Gasteiger partial charge is 0.217 e. The number of hydrogen-bond acceptors (Lipinski definition) is 3. The van der Waals surface area contributed by atoms with E-state index in [1.165, 1.54) is 23.0 Å². The van der Waals surface area contributed by atoms with Gasteiger partial charge in [-0.3, -0.25) is 4.57 Å². The van der Waals surface area contributed by atoms with Crippen molar-refractivity contribution in [3.05, 3.63) is 118 Å². The van der Waals surface area contributed by atoms with Gasteiger partial charge in [-0.2, -0.15) is 0 Å². The largest absolute Gasteiger partial charge is 0.306 e. The van der Waals surface area contributed by atoms with E-state index < -0.39 is 7.29 Å². The van der Waals surface area contributed by atoms with Crippen molar-refractivity contribution in [2.45, 2.75) is 13.8 Å². The fourth-order valence-corrected chi connectivity index (χ4v) is 7.23. The van der Waals surface area contributed by atoms with Gasteiger partial charge in [0.1, 0.15) is 0 Å². The number of thiazole rings is 1. The normalized spacial score (nSPS) is 14.0. The van der Waals surface area contributed by atoms with E-state index in [0.29, 0.717) is 15.2 Å². The summed E-state index contributed by atoms with van der Waals surface area (Å²) in [7, 11) is -3.37. The Morgan fingerprint density at radius 3 is 2.00 bits per heavy atom. The van der Waals surface area contributed by atoms with Gasteiger partial charge in [-0.05, 0) is 36.6 Å². The molecule has 34 heavy (non-hydrogen) atoms. The predicted molar refractivity (Wildman–Crippen MR) is 149 cm³/mol. The van der Waals surface area contributed by atoms with Gasteiger partial charge in [-0.25, -0.2) is 4.98 Å². The number of rotatable bonds is 7. The zero-order valence-electron chi connectivity index (χ0n) is 18.7. The molecule has 4 rings (SSSR count). The average Bonchev–Trinajstić information content (AvgIpc) is 3.29. The van der Waals surface area contributed by atoms with Crippen molar-refractivity contribution in [3.8, 4) is 11.3 Å². The van der Waals surface area contributed by atoms with E-state index in [-0.39, 0.29) is 0 Å². The summed E-state index contributed by atoms with van der Waals surface area (Å²) in [6.07, 6.45) is 0. The maximum Gasteiger partial charge on any atom is 0.217 e. The lowest BCUT2D eigenvalue weighted by Gasteiger charge is -2.14. The number of hydrogen-bond donors (Lipinski definition) is 1.